The molecule has 2 aromatic rings. The predicted molar refractivity (Wildman–Crippen MR) is 123 cm³/mol. The zero-order valence-corrected chi connectivity index (χ0v) is 18.5. The number of anilines is 1. The van der Waals surface area contributed by atoms with Gasteiger partial charge in [0.2, 0.25) is 0 Å². The SMILES string of the molecule is CCCCC/C=C/C=N/NS(=O)(=O)c1ccc(N=Nc2ccc(N(C)C)cc2)cc1. The van der Waals surface area contributed by atoms with Crippen LogP contribution in [0.1, 0.15) is 32.6 Å². The van der Waals surface area contributed by atoms with Crippen LogP contribution in [0.25, 0.3) is 0 Å². The second-order valence-electron chi connectivity index (χ2n) is 6.90. The molecule has 0 bridgehead atoms. The normalized spacial score (nSPS) is 12.2. The van der Waals surface area contributed by atoms with Gasteiger partial charge >= 0.3 is 0 Å². The van der Waals surface area contributed by atoms with E-state index in [0.29, 0.717) is 5.69 Å². The zero-order chi connectivity index (χ0) is 21.8. The molecule has 1 N–H and O–H groups in total. The van der Waals surface area contributed by atoms with Gasteiger partial charge in [-0.1, -0.05) is 25.8 Å². The molecule has 0 amide bonds. The van der Waals surface area contributed by atoms with Crippen molar-refractivity contribution in [3.8, 4) is 0 Å². The van der Waals surface area contributed by atoms with Crippen molar-refractivity contribution in [3.63, 3.8) is 0 Å². The molecule has 0 radical (unpaired) electrons. The largest absolute Gasteiger partial charge is 0.378 e. The molecule has 8 heteroatoms. The van der Waals surface area contributed by atoms with Crippen molar-refractivity contribution in [3.05, 3.63) is 60.7 Å². The summed E-state index contributed by atoms with van der Waals surface area (Å²) < 4.78 is 24.6. The number of nitrogens with zero attached hydrogens (tertiary/aromatic N) is 4. The monoisotopic (exact) mass is 427 g/mol. The van der Waals surface area contributed by atoms with Crippen molar-refractivity contribution in [2.75, 3.05) is 19.0 Å². The van der Waals surface area contributed by atoms with E-state index in [-0.39, 0.29) is 4.90 Å². The Labute approximate surface area is 179 Å². The molecule has 0 fully saturated rings. The highest BCUT2D eigenvalue weighted by Crippen LogP contribution is 2.22. The van der Waals surface area contributed by atoms with Crippen LogP contribution in [-0.2, 0) is 10.0 Å². The van der Waals surface area contributed by atoms with E-state index in [9.17, 15) is 8.42 Å². The van der Waals surface area contributed by atoms with Gasteiger partial charge in [0.1, 0.15) is 0 Å². The van der Waals surface area contributed by atoms with Gasteiger partial charge < -0.3 is 4.90 Å². The number of hydrogen-bond donors (Lipinski definition) is 1. The summed E-state index contributed by atoms with van der Waals surface area (Å²) in [4.78, 5) is 4.32. The molecule has 0 atom stereocenters. The third-order valence-corrected chi connectivity index (χ3v) is 5.48. The van der Waals surface area contributed by atoms with Gasteiger partial charge in [-0.2, -0.15) is 23.7 Å². The lowest BCUT2D eigenvalue weighted by Crippen LogP contribution is -2.17. The molecule has 0 heterocycles. The summed E-state index contributed by atoms with van der Waals surface area (Å²) in [6, 6.07) is 13.8. The fourth-order valence-electron chi connectivity index (χ4n) is 2.49. The molecule has 2 rings (SSSR count). The van der Waals surface area contributed by atoms with E-state index in [1.165, 1.54) is 31.2 Å². The minimum absolute atomic E-state index is 0.112. The first-order valence-corrected chi connectivity index (χ1v) is 11.4. The van der Waals surface area contributed by atoms with Gasteiger partial charge in [0.05, 0.1) is 16.3 Å². The fourth-order valence-corrected chi connectivity index (χ4v) is 3.29. The third-order valence-electron chi connectivity index (χ3n) is 4.24. The Hall–Kier alpha value is -3.00. The predicted octanol–water partition coefficient (Wildman–Crippen LogP) is 5.57. The van der Waals surface area contributed by atoms with Crippen LogP contribution in [0.15, 0.2) is 80.9 Å². The van der Waals surface area contributed by atoms with Crippen molar-refractivity contribution in [2.24, 2.45) is 15.3 Å². The topological polar surface area (TPSA) is 86.5 Å². The van der Waals surface area contributed by atoms with Crippen LogP contribution in [0.5, 0.6) is 0 Å². The van der Waals surface area contributed by atoms with E-state index in [4.69, 9.17) is 0 Å². The average molecular weight is 428 g/mol. The van der Waals surface area contributed by atoms with Crippen LogP contribution in [0.2, 0.25) is 0 Å². The molecule has 7 nitrogen and oxygen atoms in total. The second kappa shape index (κ2) is 11.9. The molecule has 0 spiro atoms. The first-order valence-electron chi connectivity index (χ1n) is 9.91. The standard InChI is InChI=1S/C22H29N5O2S/c1-4-5-6-7-8-9-18-23-26-30(28,29)22-16-12-20(13-17-22)25-24-19-10-14-21(15-11-19)27(2)3/h8-18,26H,4-7H2,1-3H3/b9-8+,23-18+,25-24?. The summed E-state index contributed by atoms with van der Waals surface area (Å²) in [6.45, 7) is 2.15. The maximum Gasteiger partial charge on any atom is 0.276 e. The van der Waals surface area contributed by atoms with Crippen LogP contribution >= 0.6 is 0 Å². The van der Waals surface area contributed by atoms with Gasteiger partial charge in [-0.25, -0.2) is 4.83 Å². The molecule has 0 saturated heterocycles. The van der Waals surface area contributed by atoms with E-state index in [1.807, 2.05) is 49.3 Å². The van der Waals surface area contributed by atoms with Gasteiger partial charge in [-0.15, -0.1) is 0 Å². The maximum absolute atomic E-state index is 12.3. The first kappa shape index (κ1) is 23.3. The molecule has 160 valence electrons. The van der Waals surface area contributed by atoms with Crippen molar-refractivity contribution in [2.45, 2.75) is 37.5 Å². The summed E-state index contributed by atoms with van der Waals surface area (Å²) in [6.07, 6.45) is 9.60. The number of sulfonamides is 1. The molecule has 0 saturated carbocycles. The maximum atomic E-state index is 12.3. The van der Waals surface area contributed by atoms with E-state index in [1.54, 1.807) is 18.2 Å². The van der Waals surface area contributed by atoms with E-state index < -0.39 is 10.0 Å². The Morgan fingerprint density at radius 3 is 2.10 bits per heavy atom. The molecular formula is C22H29N5O2S. The number of unbranched alkanes of at least 4 members (excludes halogenated alkanes) is 3. The molecule has 0 aliphatic rings. The van der Waals surface area contributed by atoms with Crippen molar-refractivity contribution in [1.82, 2.24) is 4.83 Å². The quantitative estimate of drug-likeness (QED) is 0.220. The van der Waals surface area contributed by atoms with Crippen LogP contribution in [0.4, 0.5) is 17.1 Å². The van der Waals surface area contributed by atoms with Gasteiger partial charge in [-0.3, -0.25) is 0 Å². The zero-order valence-electron chi connectivity index (χ0n) is 17.7. The minimum Gasteiger partial charge on any atom is -0.378 e. The summed E-state index contributed by atoms with van der Waals surface area (Å²) in [5, 5.41) is 12.1. The molecule has 0 aliphatic heterocycles. The summed E-state index contributed by atoms with van der Waals surface area (Å²) >= 11 is 0. The van der Waals surface area contributed by atoms with Gasteiger partial charge in [-0.05, 0) is 67.4 Å². The van der Waals surface area contributed by atoms with Crippen LogP contribution in [-0.4, -0.2) is 28.7 Å². The Morgan fingerprint density at radius 1 is 0.933 bits per heavy atom. The first-order chi connectivity index (χ1) is 14.4. The number of hydrazone groups is 1. The summed E-state index contributed by atoms with van der Waals surface area (Å²) in [5.74, 6) is 0. The molecule has 0 aromatic heterocycles. The number of azo groups is 1. The van der Waals surface area contributed by atoms with Crippen LogP contribution in [0.3, 0.4) is 0 Å². The van der Waals surface area contributed by atoms with E-state index in [2.05, 4.69) is 27.1 Å². The van der Waals surface area contributed by atoms with Crippen LogP contribution in [0, 0.1) is 0 Å². The Kier molecular flexibility index (Phi) is 9.21. The number of hydrogen-bond acceptors (Lipinski definition) is 6. The smallest absolute Gasteiger partial charge is 0.276 e. The lowest BCUT2D eigenvalue weighted by Gasteiger charge is -2.11. The number of benzene rings is 2. The molecule has 0 unspecified atom stereocenters. The molecule has 30 heavy (non-hydrogen) atoms. The van der Waals surface area contributed by atoms with Gasteiger partial charge in [0, 0.05) is 26.0 Å². The van der Waals surface area contributed by atoms with E-state index in [0.717, 1.165) is 24.2 Å². The lowest BCUT2D eigenvalue weighted by molar-refractivity contribution is 0.584. The second-order valence-corrected chi connectivity index (χ2v) is 8.56. The molecular weight excluding hydrogens is 398 g/mol. The summed E-state index contributed by atoms with van der Waals surface area (Å²) in [7, 11) is 0.223. The molecule has 0 aliphatic carbocycles. The highest BCUT2D eigenvalue weighted by Gasteiger charge is 2.12. The molecule has 2 aromatic carbocycles. The Balaban J connectivity index is 1.92. The third kappa shape index (κ3) is 7.79. The minimum atomic E-state index is -3.72. The number of rotatable bonds is 11. The number of allylic oxidation sites excluding steroid dienone is 2. The van der Waals surface area contributed by atoms with Crippen molar-refractivity contribution < 1.29 is 8.42 Å². The van der Waals surface area contributed by atoms with Gasteiger partial charge in [0.15, 0.2) is 0 Å². The number of nitrogens with one attached hydrogen (secondary N) is 1. The highest BCUT2D eigenvalue weighted by molar-refractivity contribution is 7.89. The highest BCUT2D eigenvalue weighted by atomic mass is 32.2. The van der Waals surface area contributed by atoms with Crippen molar-refractivity contribution in [1.29, 1.82) is 0 Å². The summed E-state index contributed by atoms with van der Waals surface area (Å²) in [5.41, 5.74) is 2.35. The Bertz CT molecular complexity index is 964. The van der Waals surface area contributed by atoms with Gasteiger partial charge in [0.25, 0.3) is 10.0 Å². The van der Waals surface area contributed by atoms with Crippen LogP contribution < -0.4 is 9.73 Å². The Morgan fingerprint density at radius 2 is 1.53 bits per heavy atom. The fraction of sp³-hybridized carbons (Fsp3) is 0.318. The van der Waals surface area contributed by atoms with E-state index >= 15 is 0 Å². The van der Waals surface area contributed by atoms with Crippen molar-refractivity contribution >= 4 is 33.3 Å². The lowest BCUT2D eigenvalue weighted by atomic mass is 10.2. The average Bonchev–Trinajstić information content (AvgIpc) is 2.74.